The molecule has 8 heteroatoms. The molecule has 0 saturated carbocycles. The second-order valence-electron chi connectivity index (χ2n) is 7.27. The van der Waals surface area contributed by atoms with Crippen LogP contribution in [0.1, 0.15) is 17.7 Å². The van der Waals surface area contributed by atoms with Crippen LogP contribution in [0.5, 0.6) is 0 Å². The maximum Gasteiger partial charge on any atom is 0.191 e. The fraction of sp³-hybridized carbons (Fsp3) is 0.333. The maximum atomic E-state index is 14.0. The number of guanidine groups is 1. The van der Waals surface area contributed by atoms with E-state index in [0.29, 0.717) is 25.6 Å². The maximum absolute atomic E-state index is 14.0. The van der Waals surface area contributed by atoms with E-state index >= 15 is 0 Å². The molecule has 1 unspecified atom stereocenters. The average molecular weight is 398 g/mol. The summed E-state index contributed by atoms with van der Waals surface area (Å²) in [5.74, 6) is -0.426. The minimum absolute atomic E-state index is 0.0414. The van der Waals surface area contributed by atoms with Gasteiger partial charge in [0.15, 0.2) is 5.96 Å². The van der Waals surface area contributed by atoms with Crippen molar-refractivity contribution in [3.05, 3.63) is 65.6 Å². The molecule has 152 valence electrons. The molecule has 0 bridgehead atoms. The molecule has 3 heterocycles. The van der Waals surface area contributed by atoms with Gasteiger partial charge in [0.1, 0.15) is 23.0 Å². The molecule has 1 fully saturated rings. The number of aryl methyl sites for hydroxylation is 1. The van der Waals surface area contributed by atoms with Crippen molar-refractivity contribution in [1.82, 2.24) is 20.0 Å². The van der Waals surface area contributed by atoms with Crippen LogP contribution in [0.25, 0.3) is 5.65 Å². The molecule has 1 aromatic carbocycles. The summed E-state index contributed by atoms with van der Waals surface area (Å²) in [6, 6.07) is 8.07. The van der Waals surface area contributed by atoms with Crippen molar-refractivity contribution in [2.45, 2.75) is 25.9 Å². The highest BCUT2D eigenvalue weighted by atomic mass is 19.1. The second-order valence-corrected chi connectivity index (χ2v) is 7.27. The number of nitrogens with one attached hydrogen (secondary N) is 2. The lowest BCUT2D eigenvalue weighted by molar-refractivity contribution is 0.576. The number of benzene rings is 1. The Kier molecular flexibility index (Phi) is 5.33. The smallest absolute Gasteiger partial charge is 0.191 e. The minimum atomic E-state index is -0.532. The van der Waals surface area contributed by atoms with Crippen LogP contribution in [0.4, 0.5) is 14.5 Å². The third-order valence-corrected chi connectivity index (χ3v) is 5.11. The van der Waals surface area contributed by atoms with Gasteiger partial charge in [-0.2, -0.15) is 0 Å². The number of rotatable bonds is 4. The lowest BCUT2D eigenvalue weighted by Crippen LogP contribution is -2.44. The predicted molar refractivity (Wildman–Crippen MR) is 110 cm³/mol. The zero-order valence-corrected chi connectivity index (χ0v) is 16.5. The Bertz CT molecular complexity index is 1020. The number of fused-ring (bicyclic) bond motifs is 1. The molecule has 2 N–H and O–H groups in total. The monoisotopic (exact) mass is 398 g/mol. The number of aliphatic imine (C=N–C) groups is 1. The molecule has 2 aromatic heterocycles. The number of anilines is 1. The molecule has 0 radical (unpaired) electrons. The number of halogens is 2. The quantitative estimate of drug-likeness (QED) is 0.524. The summed E-state index contributed by atoms with van der Waals surface area (Å²) in [6.07, 6.45) is 4.73. The van der Waals surface area contributed by atoms with Crippen molar-refractivity contribution in [2.75, 3.05) is 25.0 Å². The largest absolute Gasteiger partial charge is 0.365 e. The number of nitrogens with zero attached hydrogens (tertiary/aromatic N) is 4. The predicted octanol–water partition coefficient (Wildman–Crippen LogP) is 2.86. The second kappa shape index (κ2) is 8.06. The van der Waals surface area contributed by atoms with Gasteiger partial charge in [-0.25, -0.2) is 13.8 Å². The van der Waals surface area contributed by atoms with E-state index in [-0.39, 0.29) is 11.7 Å². The first-order chi connectivity index (χ1) is 14.0. The topological polar surface area (TPSA) is 57.0 Å². The number of pyridine rings is 1. The Morgan fingerprint density at radius 2 is 2.07 bits per heavy atom. The summed E-state index contributed by atoms with van der Waals surface area (Å²) in [5, 5.41) is 6.60. The Balaban J connectivity index is 1.36. The molecular weight excluding hydrogens is 374 g/mol. The molecule has 1 atom stereocenters. The summed E-state index contributed by atoms with van der Waals surface area (Å²) >= 11 is 0. The van der Waals surface area contributed by atoms with E-state index in [0.717, 1.165) is 23.3 Å². The summed E-state index contributed by atoms with van der Waals surface area (Å²) < 4.78 is 30.0. The molecule has 0 aliphatic carbocycles. The fourth-order valence-electron chi connectivity index (χ4n) is 3.66. The highest BCUT2D eigenvalue weighted by molar-refractivity contribution is 5.80. The lowest BCUT2D eigenvalue weighted by Gasteiger charge is -2.21. The lowest BCUT2D eigenvalue weighted by atomic mass is 10.2. The van der Waals surface area contributed by atoms with Gasteiger partial charge in [0, 0.05) is 38.6 Å². The van der Waals surface area contributed by atoms with E-state index in [2.05, 4.69) is 20.6 Å². The highest BCUT2D eigenvalue weighted by Gasteiger charge is 2.27. The Morgan fingerprint density at radius 1 is 1.28 bits per heavy atom. The van der Waals surface area contributed by atoms with Gasteiger partial charge in [-0.1, -0.05) is 6.07 Å². The molecule has 3 aromatic rings. The first kappa shape index (κ1) is 19.2. The molecular formula is C21H24F2N6. The minimum Gasteiger partial charge on any atom is -0.365 e. The van der Waals surface area contributed by atoms with E-state index in [9.17, 15) is 8.78 Å². The van der Waals surface area contributed by atoms with Crippen LogP contribution in [0.3, 0.4) is 0 Å². The number of hydrogen-bond donors (Lipinski definition) is 2. The molecule has 1 aliphatic rings. The van der Waals surface area contributed by atoms with Gasteiger partial charge < -0.3 is 19.9 Å². The van der Waals surface area contributed by atoms with Crippen molar-refractivity contribution in [2.24, 2.45) is 4.99 Å². The Labute approximate surface area is 168 Å². The van der Waals surface area contributed by atoms with Gasteiger partial charge in [0.25, 0.3) is 0 Å². The van der Waals surface area contributed by atoms with Crippen molar-refractivity contribution >= 4 is 17.3 Å². The van der Waals surface area contributed by atoms with Gasteiger partial charge in [-0.3, -0.25) is 4.99 Å². The van der Waals surface area contributed by atoms with E-state index in [1.165, 1.54) is 18.2 Å². The van der Waals surface area contributed by atoms with Crippen molar-refractivity contribution in [3.63, 3.8) is 0 Å². The normalized spacial score (nSPS) is 17.2. The van der Waals surface area contributed by atoms with Crippen LogP contribution in [0.15, 0.2) is 47.7 Å². The van der Waals surface area contributed by atoms with Crippen molar-refractivity contribution in [3.8, 4) is 0 Å². The molecule has 0 amide bonds. The summed E-state index contributed by atoms with van der Waals surface area (Å²) in [6.45, 7) is 3.65. The van der Waals surface area contributed by atoms with Gasteiger partial charge in [-0.05, 0) is 43.2 Å². The van der Waals surface area contributed by atoms with Crippen LogP contribution >= 0.6 is 0 Å². The van der Waals surface area contributed by atoms with Crippen LogP contribution < -0.4 is 15.5 Å². The summed E-state index contributed by atoms with van der Waals surface area (Å²) in [7, 11) is 1.70. The van der Waals surface area contributed by atoms with E-state index < -0.39 is 11.6 Å². The Morgan fingerprint density at radius 3 is 2.83 bits per heavy atom. The SMILES string of the molecule is CN=C(NCc1cn2ccc(C)cc2n1)NC1CCN(c2c(F)cccc2F)C1. The zero-order valence-electron chi connectivity index (χ0n) is 16.5. The van der Waals surface area contributed by atoms with E-state index in [1.54, 1.807) is 11.9 Å². The van der Waals surface area contributed by atoms with Crippen LogP contribution in [0.2, 0.25) is 0 Å². The van der Waals surface area contributed by atoms with E-state index in [1.807, 2.05) is 35.9 Å². The van der Waals surface area contributed by atoms with Gasteiger partial charge in [-0.15, -0.1) is 0 Å². The number of aromatic nitrogens is 2. The molecule has 1 aliphatic heterocycles. The fourth-order valence-corrected chi connectivity index (χ4v) is 3.66. The molecule has 29 heavy (non-hydrogen) atoms. The van der Waals surface area contributed by atoms with Crippen molar-refractivity contribution < 1.29 is 8.78 Å². The van der Waals surface area contributed by atoms with Gasteiger partial charge in [0.2, 0.25) is 0 Å². The average Bonchev–Trinajstić information content (AvgIpc) is 3.31. The van der Waals surface area contributed by atoms with Gasteiger partial charge >= 0.3 is 0 Å². The molecule has 0 spiro atoms. The third kappa shape index (κ3) is 4.16. The summed E-state index contributed by atoms with van der Waals surface area (Å²) in [4.78, 5) is 10.6. The Hall–Kier alpha value is -3.16. The number of imidazole rings is 1. The third-order valence-electron chi connectivity index (χ3n) is 5.11. The van der Waals surface area contributed by atoms with Crippen molar-refractivity contribution in [1.29, 1.82) is 0 Å². The molecule has 1 saturated heterocycles. The van der Waals surface area contributed by atoms with E-state index in [4.69, 9.17) is 0 Å². The first-order valence-electron chi connectivity index (χ1n) is 9.64. The van der Waals surface area contributed by atoms with Crippen LogP contribution in [-0.2, 0) is 6.54 Å². The number of para-hydroxylation sites is 1. The zero-order chi connectivity index (χ0) is 20.4. The van der Waals surface area contributed by atoms with Gasteiger partial charge in [0.05, 0.1) is 12.2 Å². The van der Waals surface area contributed by atoms with Crippen LogP contribution in [-0.4, -0.2) is 41.5 Å². The first-order valence-corrected chi connectivity index (χ1v) is 9.64. The molecule has 4 rings (SSSR count). The molecule has 6 nitrogen and oxygen atoms in total. The number of hydrogen-bond acceptors (Lipinski definition) is 3. The highest BCUT2D eigenvalue weighted by Crippen LogP contribution is 2.26. The van der Waals surface area contributed by atoms with Crippen LogP contribution in [0, 0.1) is 18.6 Å². The standard InChI is InChI=1S/C21H24F2N6/c1-14-6-8-28-13-16(26-19(28)10-14)11-25-21(24-2)27-15-7-9-29(12-15)20-17(22)4-3-5-18(20)23/h3-6,8,10,13,15H,7,9,11-12H2,1-2H3,(H2,24,25,27). The summed E-state index contributed by atoms with van der Waals surface area (Å²) in [5.41, 5.74) is 3.01.